The first-order valence-corrected chi connectivity index (χ1v) is 5.48. The van der Waals surface area contributed by atoms with Crippen molar-refractivity contribution in [2.75, 3.05) is 0 Å². The van der Waals surface area contributed by atoms with E-state index in [1.807, 2.05) is 31.3 Å². The van der Waals surface area contributed by atoms with Crippen LogP contribution in [0.3, 0.4) is 0 Å². The highest BCUT2D eigenvalue weighted by molar-refractivity contribution is 6.30. The van der Waals surface area contributed by atoms with Crippen LogP contribution in [0.5, 0.6) is 0 Å². The third kappa shape index (κ3) is 2.16. The van der Waals surface area contributed by atoms with Gasteiger partial charge in [-0.3, -0.25) is 0 Å². The van der Waals surface area contributed by atoms with Crippen LogP contribution in [0.25, 0.3) is 5.69 Å². The van der Waals surface area contributed by atoms with E-state index >= 15 is 0 Å². The summed E-state index contributed by atoms with van der Waals surface area (Å²) < 4.78 is 1.79. The van der Waals surface area contributed by atoms with Gasteiger partial charge in [-0.25, -0.2) is 4.68 Å². The van der Waals surface area contributed by atoms with Crippen molar-refractivity contribution < 1.29 is 0 Å². The van der Waals surface area contributed by atoms with Gasteiger partial charge in [0.05, 0.1) is 11.9 Å². The minimum atomic E-state index is 0.450. The minimum absolute atomic E-state index is 0.450. The highest BCUT2D eigenvalue weighted by atomic mass is 35.5. The average molecular weight is 241 g/mol. The third-order valence-corrected chi connectivity index (χ3v) is 2.67. The molecule has 0 N–H and O–H groups in total. The van der Waals surface area contributed by atoms with Crippen molar-refractivity contribution in [3.05, 3.63) is 46.7 Å². The second-order valence-corrected chi connectivity index (χ2v) is 4.07. The van der Waals surface area contributed by atoms with Gasteiger partial charge in [0.1, 0.15) is 0 Å². The second kappa shape index (κ2) is 4.25. The highest BCUT2D eigenvalue weighted by Crippen LogP contribution is 2.21. The molecule has 0 fully saturated rings. The van der Waals surface area contributed by atoms with E-state index in [4.69, 9.17) is 23.2 Å². The molecule has 1 aromatic carbocycles. The average Bonchev–Trinajstić information content (AvgIpc) is 2.65. The molecule has 0 spiro atoms. The minimum Gasteiger partial charge on any atom is -0.240 e. The van der Waals surface area contributed by atoms with Crippen LogP contribution in [-0.4, -0.2) is 9.78 Å². The van der Waals surface area contributed by atoms with Crippen molar-refractivity contribution in [2.45, 2.75) is 12.8 Å². The molecule has 0 radical (unpaired) electrons. The fourth-order valence-corrected chi connectivity index (χ4v) is 1.80. The van der Waals surface area contributed by atoms with Crippen molar-refractivity contribution in [2.24, 2.45) is 0 Å². The zero-order valence-corrected chi connectivity index (χ0v) is 9.76. The first-order valence-electron chi connectivity index (χ1n) is 4.57. The number of halogens is 2. The number of hydrogen-bond acceptors (Lipinski definition) is 1. The Morgan fingerprint density at radius 3 is 2.80 bits per heavy atom. The number of benzene rings is 1. The maximum absolute atomic E-state index is 5.95. The van der Waals surface area contributed by atoms with Crippen LogP contribution < -0.4 is 0 Å². The molecular formula is C11H10Cl2N2. The van der Waals surface area contributed by atoms with Crippen molar-refractivity contribution in [3.63, 3.8) is 0 Å². The van der Waals surface area contributed by atoms with Gasteiger partial charge in [-0.1, -0.05) is 17.7 Å². The van der Waals surface area contributed by atoms with Crippen molar-refractivity contribution in [1.29, 1.82) is 0 Å². The summed E-state index contributed by atoms with van der Waals surface area (Å²) in [5, 5.41) is 4.92. The van der Waals surface area contributed by atoms with Gasteiger partial charge in [0.25, 0.3) is 0 Å². The Morgan fingerprint density at radius 2 is 2.20 bits per heavy atom. The lowest BCUT2D eigenvalue weighted by Gasteiger charge is -2.07. The van der Waals surface area contributed by atoms with Crippen LogP contribution in [0.2, 0.25) is 5.02 Å². The molecule has 0 saturated heterocycles. The van der Waals surface area contributed by atoms with Gasteiger partial charge in [0.15, 0.2) is 0 Å². The smallest absolute Gasteiger partial charge is 0.0704 e. The topological polar surface area (TPSA) is 17.8 Å². The van der Waals surface area contributed by atoms with Gasteiger partial charge < -0.3 is 0 Å². The van der Waals surface area contributed by atoms with Crippen molar-refractivity contribution in [1.82, 2.24) is 9.78 Å². The zero-order chi connectivity index (χ0) is 10.8. The highest BCUT2D eigenvalue weighted by Gasteiger charge is 2.05. The monoisotopic (exact) mass is 240 g/mol. The Labute approximate surface area is 98.4 Å². The Morgan fingerprint density at radius 1 is 1.40 bits per heavy atom. The molecule has 0 atom stereocenters. The van der Waals surface area contributed by atoms with Gasteiger partial charge in [0, 0.05) is 17.1 Å². The lowest BCUT2D eigenvalue weighted by Crippen LogP contribution is -1.98. The second-order valence-electron chi connectivity index (χ2n) is 3.37. The molecule has 0 bridgehead atoms. The number of aromatic nitrogens is 2. The SMILES string of the molecule is Cc1cnn(-c2cc(Cl)ccc2CCl)c1. The first-order chi connectivity index (χ1) is 7.20. The van der Waals surface area contributed by atoms with Crippen molar-refractivity contribution in [3.8, 4) is 5.69 Å². The van der Waals surface area contributed by atoms with Crippen LogP contribution in [0.1, 0.15) is 11.1 Å². The Balaban J connectivity index is 2.55. The molecule has 1 aromatic heterocycles. The summed E-state index contributed by atoms with van der Waals surface area (Å²) in [4.78, 5) is 0. The molecule has 78 valence electrons. The molecule has 0 amide bonds. The van der Waals surface area contributed by atoms with Crippen LogP contribution in [0.15, 0.2) is 30.6 Å². The first kappa shape index (κ1) is 10.5. The summed E-state index contributed by atoms with van der Waals surface area (Å²) in [6.07, 6.45) is 3.75. The molecule has 0 aliphatic carbocycles. The molecule has 0 saturated carbocycles. The number of rotatable bonds is 2. The molecule has 0 aliphatic heterocycles. The van der Waals surface area contributed by atoms with E-state index < -0.39 is 0 Å². The summed E-state index contributed by atoms with van der Waals surface area (Å²) in [6.45, 7) is 1.99. The van der Waals surface area contributed by atoms with Crippen LogP contribution >= 0.6 is 23.2 Å². The molecule has 0 unspecified atom stereocenters. The molecule has 1 heterocycles. The molecule has 2 aromatic rings. The molecule has 0 aliphatic rings. The number of nitrogens with zero attached hydrogens (tertiary/aromatic N) is 2. The number of alkyl halides is 1. The Hall–Kier alpha value is -0.990. The summed E-state index contributed by atoms with van der Waals surface area (Å²) in [6, 6.07) is 5.62. The predicted octanol–water partition coefficient (Wildman–Crippen LogP) is 3.57. The summed E-state index contributed by atoms with van der Waals surface area (Å²) in [5.74, 6) is 0.450. The summed E-state index contributed by atoms with van der Waals surface area (Å²) in [7, 11) is 0. The zero-order valence-electron chi connectivity index (χ0n) is 8.24. The third-order valence-electron chi connectivity index (χ3n) is 2.15. The van der Waals surface area contributed by atoms with E-state index in [1.165, 1.54) is 0 Å². The van der Waals surface area contributed by atoms with E-state index in [0.717, 1.165) is 16.8 Å². The lowest BCUT2D eigenvalue weighted by molar-refractivity contribution is 0.871. The fraction of sp³-hybridized carbons (Fsp3) is 0.182. The van der Waals surface area contributed by atoms with Gasteiger partial charge in [0.2, 0.25) is 0 Å². The van der Waals surface area contributed by atoms with E-state index in [1.54, 1.807) is 10.9 Å². The van der Waals surface area contributed by atoms with Gasteiger partial charge >= 0.3 is 0 Å². The van der Waals surface area contributed by atoms with E-state index in [9.17, 15) is 0 Å². The van der Waals surface area contributed by atoms with Crippen molar-refractivity contribution >= 4 is 23.2 Å². The van der Waals surface area contributed by atoms with Gasteiger partial charge in [-0.15, -0.1) is 11.6 Å². The molecule has 2 rings (SSSR count). The number of aryl methyl sites for hydroxylation is 1. The lowest BCUT2D eigenvalue weighted by atomic mass is 10.2. The largest absolute Gasteiger partial charge is 0.240 e. The van der Waals surface area contributed by atoms with E-state index in [0.29, 0.717) is 10.9 Å². The quantitative estimate of drug-likeness (QED) is 0.735. The van der Waals surface area contributed by atoms with Crippen LogP contribution in [0, 0.1) is 6.92 Å². The van der Waals surface area contributed by atoms with Crippen LogP contribution in [0.4, 0.5) is 0 Å². The summed E-state index contributed by atoms with van der Waals surface area (Å²) >= 11 is 11.8. The number of hydrogen-bond donors (Lipinski definition) is 0. The van der Waals surface area contributed by atoms with E-state index in [2.05, 4.69) is 5.10 Å². The van der Waals surface area contributed by atoms with Gasteiger partial charge in [-0.05, 0) is 30.2 Å². The maximum atomic E-state index is 5.95. The van der Waals surface area contributed by atoms with Crippen LogP contribution in [-0.2, 0) is 5.88 Å². The Bertz CT molecular complexity index is 477. The Kier molecular flexibility index (Phi) is 2.98. The summed E-state index contributed by atoms with van der Waals surface area (Å²) in [5.41, 5.74) is 3.06. The molecule has 4 heteroatoms. The van der Waals surface area contributed by atoms with E-state index in [-0.39, 0.29) is 0 Å². The standard InChI is InChI=1S/C11H10Cl2N2/c1-8-6-14-15(7-8)11-4-10(13)3-2-9(11)5-12/h2-4,6-7H,5H2,1H3. The normalized spacial score (nSPS) is 10.6. The molecule has 2 nitrogen and oxygen atoms in total. The fourth-order valence-electron chi connectivity index (χ4n) is 1.41. The van der Waals surface area contributed by atoms with Gasteiger partial charge in [-0.2, -0.15) is 5.10 Å². The molecular weight excluding hydrogens is 231 g/mol. The molecule has 15 heavy (non-hydrogen) atoms. The maximum Gasteiger partial charge on any atom is 0.0704 e. The predicted molar refractivity (Wildman–Crippen MR) is 62.9 cm³/mol.